The molecular weight excluding hydrogens is 264 g/mol. The van der Waals surface area contributed by atoms with Gasteiger partial charge in [0.15, 0.2) is 0 Å². The third kappa shape index (κ3) is 3.72. The number of amides is 2. The van der Waals surface area contributed by atoms with E-state index in [0.29, 0.717) is 17.3 Å². The molecule has 0 aliphatic rings. The predicted octanol–water partition coefficient (Wildman–Crippen LogP) is 2.70. The lowest BCUT2D eigenvalue weighted by Gasteiger charge is -2.07. The van der Waals surface area contributed by atoms with Crippen LogP contribution in [0.4, 0.5) is 10.5 Å². The number of nitrogens with one attached hydrogen (secondary N) is 2. The van der Waals surface area contributed by atoms with Crippen LogP contribution in [0.5, 0.6) is 0 Å². The van der Waals surface area contributed by atoms with E-state index in [2.05, 4.69) is 15.7 Å². The van der Waals surface area contributed by atoms with E-state index >= 15 is 0 Å². The molecule has 2 N–H and O–H groups in total. The van der Waals surface area contributed by atoms with Gasteiger partial charge in [-0.25, -0.2) is 4.79 Å². The van der Waals surface area contributed by atoms with Crippen molar-refractivity contribution < 1.29 is 4.79 Å². The van der Waals surface area contributed by atoms with Crippen molar-refractivity contribution in [2.75, 3.05) is 5.32 Å². The summed E-state index contributed by atoms with van der Waals surface area (Å²) >= 11 is 5.77. The van der Waals surface area contributed by atoms with Gasteiger partial charge >= 0.3 is 6.03 Å². The van der Waals surface area contributed by atoms with E-state index in [9.17, 15) is 4.79 Å². The highest BCUT2D eigenvalue weighted by atomic mass is 35.5. The number of halogens is 1. The molecule has 2 aromatic rings. The van der Waals surface area contributed by atoms with E-state index in [1.165, 1.54) is 0 Å². The molecule has 6 heteroatoms. The Kier molecular flexibility index (Phi) is 4.06. The van der Waals surface area contributed by atoms with Crippen molar-refractivity contribution >= 4 is 23.3 Å². The first-order valence-electron chi connectivity index (χ1n) is 5.84. The van der Waals surface area contributed by atoms with E-state index in [1.807, 2.05) is 20.0 Å². The van der Waals surface area contributed by atoms with Crippen LogP contribution in [0.1, 0.15) is 11.4 Å². The Bertz CT molecular complexity index is 577. The number of rotatable bonds is 3. The molecule has 19 heavy (non-hydrogen) atoms. The summed E-state index contributed by atoms with van der Waals surface area (Å²) in [7, 11) is 1.85. The predicted molar refractivity (Wildman–Crippen MR) is 75.3 cm³/mol. The fourth-order valence-electron chi connectivity index (χ4n) is 1.71. The topological polar surface area (TPSA) is 59.0 Å². The molecule has 0 aliphatic heterocycles. The van der Waals surface area contributed by atoms with Gasteiger partial charge < -0.3 is 10.6 Å². The van der Waals surface area contributed by atoms with Gasteiger partial charge in [0.25, 0.3) is 0 Å². The number of hydrogen-bond donors (Lipinski definition) is 2. The first-order valence-corrected chi connectivity index (χ1v) is 6.22. The maximum Gasteiger partial charge on any atom is 0.319 e. The van der Waals surface area contributed by atoms with Gasteiger partial charge in [0.2, 0.25) is 0 Å². The Balaban J connectivity index is 1.88. The molecule has 0 saturated heterocycles. The van der Waals surface area contributed by atoms with E-state index < -0.39 is 0 Å². The van der Waals surface area contributed by atoms with Gasteiger partial charge in [-0.1, -0.05) is 11.6 Å². The fourth-order valence-corrected chi connectivity index (χ4v) is 1.84. The summed E-state index contributed by atoms with van der Waals surface area (Å²) in [6.45, 7) is 2.34. The molecule has 1 aromatic heterocycles. The monoisotopic (exact) mass is 278 g/mol. The Morgan fingerprint density at radius 3 is 2.63 bits per heavy atom. The Morgan fingerprint density at radius 1 is 1.37 bits per heavy atom. The Hall–Kier alpha value is -2.01. The minimum absolute atomic E-state index is 0.263. The number of aromatic nitrogens is 2. The zero-order valence-electron chi connectivity index (χ0n) is 10.8. The van der Waals surface area contributed by atoms with Gasteiger partial charge in [0.1, 0.15) is 0 Å². The molecule has 0 atom stereocenters. The summed E-state index contributed by atoms with van der Waals surface area (Å²) in [5.74, 6) is 0. The largest absolute Gasteiger partial charge is 0.332 e. The van der Waals surface area contributed by atoms with E-state index in [-0.39, 0.29) is 6.03 Å². The SMILES string of the molecule is Cc1cc(CNC(=O)Nc2ccc(Cl)cc2)n(C)n1. The fraction of sp³-hybridized carbons (Fsp3) is 0.231. The Morgan fingerprint density at radius 2 is 2.05 bits per heavy atom. The zero-order valence-corrected chi connectivity index (χ0v) is 11.5. The van der Waals surface area contributed by atoms with E-state index in [1.54, 1.807) is 28.9 Å². The summed E-state index contributed by atoms with van der Waals surface area (Å²) in [6, 6.07) is 8.61. The highest BCUT2D eigenvalue weighted by Gasteiger charge is 2.05. The van der Waals surface area contributed by atoms with E-state index in [4.69, 9.17) is 11.6 Å². The van der Waals surface area contributed by atoms with Crippen molar-refractivity contribution in [3.63, 3.8) is 0 Å². The van der Waals surface area contributed by atoms with Gasteiger partial charge in [-0.3, -0.25) is 4.68 Å². The maximum absolute atomic E-state index is 11.7. The molecule has 0 fully saturated rings. The molecule has 0 spiro atoms. The number of nitrogens with zero attached hydrogens (tertiary/aromatic N) is 2. The normalized spacial score (nSPS) is 10.3. The van der Waals surface area contributed by atoms with Gasteiger partial charge in [-0.15, -0.1) is 0 Å². The van der Waals surface area contributed by atoms with Crippen LogP contribution in [0.3, 0.4) is 0 Å². The lowest BCUT2D eigenvalue weighted by Crippen LogP contribution is -2.28. The van der Waals surface area contributed by atoms with Crippen molar-refractivity contribution in [1.29, 1.82) is 0 Å². The minimum atomic E-state index is -0.263. The highest BCUT2D eigenvalue weighted by Crippen LogP contribution is 2.13. The summed E-state index contributed by atoms with van der Waals surface area (Å²) in [6.07, 6.45) is 0. The zero-order chi connectivity index (χ0) is 13.8. The molecule has 0 radical (unpaired) electrons. The van der Waals surface area contributed by atoms with Crippen molar-refractivity contribution in [1.82, 2.24) is 15.1 Å². The standard InChI is InChI=1S/C13H15ClN4O/c1-9-7-12(18(2)17-9)8-15-13(19)16-11-5-3-10(14)4-6-11/h3-7H,8H2,1-2H3,(H2,15,16,19). The van der Waals surface area contributed by atoms with Gasteiger partial charge in [0.05, 0.1) is 17.9 Å². The van der Waals surface area contributed by atoms with Crippen LogP contribution in [-0.2, 0) is 13.6 Å². The molecule has 100 valence electrons. The molecule has 2 rings (SSSR count). The summed E-state index contributed by atoms with van der Waals surface area (Å²) < 4.78 is 1.75. The van der Waals surface area contributed by atoms with Crippen molar-refractivity contribution in [3.05, 3.63) is 46.7 Å². The number of benzene rings is 1. The quantitative estimate of drug-likeness (QED) is 0.907. The number of anilines is 1. The second-order valence-corrected chi connectivity index (χ2v) is 4.65. The second kappa shape index (κ2) is 5.75. The average molecular weight is 279 g/mol. The Labute approximate surface area is 116 Å². The van der Waals surface area contributed by atoms with Crippen LogP contribution < -0.4 is 10.6 Å². The molecule has 0 saturated carbocycles. The molecule has 2 amide bonds. The average Bonchev–Trinajstić information content (AvgIpc) is 2.68. The van der Waals surface area contributed by atoms with Crippen LogP contribution in [0.25, 0.3) is 0 Å². The lowest BCUT2D eigenvalue weighted by atomic mass is 10.3. The molecule has 1 aromatic carbocycles. The van der Waals surface area contributed by atoms with Crippen LogP contribution >= 0.6 is 11.6 Å². The number of urea groups is 1. The third-order valence-electron chi connectivity index (χ3n) is 2.63. The summed E-state index contributed by atoms with van der Waals surface area (Å²) in [5.41, 5.74) is 2.57. The maximum atomic E-state index is 11.7. The highest BCUT2D eigenvalue weighted by molar-refractivity contribution is 6.30. The minimum Gasteiger partial charge on any atom is -0.332 e. The van der Waals surface area contributed by atoms with Crippen LogP contribution in [-0.4, -0.2) is 15.8 Å². The molecular formula is C13H15ClN4O. The van der Waals surface area contributed by atoms with Crippen LogP contribution in [0, 0.1) is 6.92 Å². The molecule has 0 unspecified atom stereocenters. The van der Waals surface area contributed by atoms with Gasteiger partial charge in [0, 0.05) is 17.8 Å². The third-order valence-corrected chi connectivity index (χ3v) is 2.88. The smallest absolute Gasteiger partial charge is 0.319 e. The first-order chi connectivity index (χ1) is 9.04. The first kappa shape index (κ1) is 13.4. The number of carbonyl (C=O) groups excluding carboxylic acids is 1. The van der Waals surface area contributed by atoms with Crippen molar-refractivity contribution in [2.45, 2.75) is 13.5 Å². The molecule has 5 nitrogen and oxygen atoms in total. The van der Waals surface area contributed by atoms with Crippen LogP contribution in [0.2, 0.25) is 5.02 Å². The summed E-state index contributed by atoms with van der Waals surface area (Å²) in [4.78, 5) is 11.7. The van der Waals surface area contributed by atoms with Gasteiger partial charge in [-0.2, -0.15) is 5.10 Å². The molecule has 0 bridgehead atoms. The number of aryl methyl sites for hydroxylation is 2. The molecule has 1 heterocycles. The summed E-state index contributed by atoms with van der Waals surface area (Å²) in [5, 5.41) is 10.3. The van der Waals surface area contributed by atoms with Gasteiger partial charge in [-0.05, 0) is 37.3 Å². The van der Waals surface area contributed by atoms with E-state index in [0.717, 1.165) is 11.4 Å². The number of carbonyl (C=O) groups is 1. The second-order valence-electron chi connectivity index (χ2n) is 4.22. The number of hydrogen-bond acceptors (Lipinski definition) is 2. The van der Waals surface area contributed by atoms with Crippen LogP contribution in [0.15, 0.2) is 30.3 Å². The molecule has 0 aliphatic carbocycles. The lowest BCUT2D eigenvalue weighted by molar-refractivity contribution is 0.251. The van der Waals surface area contributed by atoms with Crippen molar-refractivity contribution in [2.24, 2.45) is 7.05 Å². The van der Waals surface area contributed by atoms with Crippen molar-refractivity contribution in [3.8, 4) is 0 Å².